The summed E-state index contributed by atoms with van der Waals surface area (Å²) in [6.45, 7) is 4.28. The number of carbonyl (C=O) groups is 2. The van der Waals surface area contributed by atoms with Crippen LogP contribution in [-0.2, 0) is 16.0 Å². The van der Waals surface area contributed by atoms with Crippen molar-refractivity contribution in [3.63, 3.8) is 0 Å². The van der Waals surface area contributed by atoms with Crippen molar-refractivity contribution in [2.24, 2.45) is 0 Å². The SMILES string of the molecule is C1CCOC1.CCOc1ccc(Br)c(C(=O)N[C@@H](Cc2ccc(-c3c(OC)cc(C#N)cc3OC)cc2)C(=O)O)c1. The number of ether oxygens (including phenoxy) is 4. The molecule has 9 nitrogen and oxygen atoms in total. The summed E-state index contributed by atoms with van der Waals surface area (Å²) in [5, 5.41) is 21.6. The zero-order valence-electron chi connectivity index (χ0n) is 23.2. The van der Waals surface area contributed by atoms with E-state index in [1.165, 1.54) is 27.1 Å². The van der Waals surface area contributed by atoms with E-state index in [9.17, 15) is 20.0 Å². The van der Waals surface area contributed by atoms with Gasteiger partial charge in [-0.3, -0.25) is 4.79 Å². The van der Waals surface area contributed by atoms with Crippen molar-refractivity contribution in [3.05, 3.63) is 75.8 Å². The molecule has 0 saturated carbocycles. The molecule has 0 aliphatic carbocycles. The molecule has 0 unspecified atom stereocenters. The molecule has 0 bridgehead atoms. The number of carboxylic acids is 1. The zero-order valence-corrected chi connectivity index (χ0v) is 24.8. The van der Waals surface area contributed by atoms with Crippen LogP contribution < -0.4 is 19.5 Å². The Morgan fingerprint density at radius 2 is 1.68 bits per heavy atom. The quantitative estimate of drug-likeness (QED) is 0.297. The van der Waals surface area contributed by atoms with E-state index in [2.05, 4.69) is 27.3 Å². The first-order valence-corrected chi connectivity index (χ1v) is 13.9. The lowest BCUT2D eigenvalue weighted by Gasteiger charge is -2.17. The van der Waals surface area contributed by atoms with Crippen LogP contribution >= 0.6 is 15.9 Å². The second-order valence-corrected chi connectivity index (χ2v) is 9.88. The molecule has 1 atom stereocenters. The van der Waals surface area contributed by atoms with Crippen molar-refractivity contribution in [3.8, 4) is 34.4 Å². The first-order chi connectivity index (χ1) is 19.8. The highest BCUT2D eigenvalue weighted by Gasteiger charge is 2.23. The van der Waals surface area contributed by atoms with Crippen LogP contribution in [0.3, 0.4) is 0 Å². The smallest absolute Gasteiger partial charge is 0.326 e. The number of benzene rings is 3. The van der Waals surface area contributed by atoms with Gasteiger partial charge in [-0.05, 0) is 77.2 Å². The Labute approximate surface area is 248 Å². The number of nitrogens with zero attached hydrogens (tertiary/aromatic N) is 1. The zero-order chi connectivity index (χ0) is 29.8. The summed E-state index contributed by atoms with van der Waals surface area (Å²) >= 11 is 3.34. The van der Waals surface area contributed by atoms with Crippen LogP contribution in [0.4, 0.5) is 0 Å². The minimum atomic E-state index is -1.15. The molecule has 1 heterocycles. The van der Waals surface area contributed by atoms with Gasteiger partial charge < -0.3 is 29.4 Å². The minimum Gasteiger partial charge on any atom is -0.496 e. The number of methoxy groups -OCH3 is 2. The van der Waals surface area contributed by atoms with Crippen LogP contribution in [0, 0.1) is 11.3 Å². The summed E-state index contributed by atoms with van der Waals surface area (Å²) in [5.74, 6) is -0.204. The van der Waals surface area contributed by atoms with E-state index in [1.54, 1.807) is 42.5 Å². The largest absolute Gasteiger partial charge is 0.496 e. The van der Waals surface area contributed by atoms with Gasteiger partial charge in [0.1, 0.15) is 23.3 Å². The van der Waals surface area contributed by atoms with Gasteiger partial charge in [-0.1, -0.05) is 24.3 Å². The topological polar surface area (TPSA) is 127 Å². The molecule has 216 valence electrons. The van der Waals surface area contributed by atoms with Crippen molar-refractivity contribution in [1.82, 2.24) is 5.32 Å². The van der Waals surface area contributed by atoms with E-state index in [-0.39, 0.29) is 12.0 Å². The predicted molar refractivity (Wildman–Crippen MR) is 158 cm³/mol. The lowest BCUT2D eigenvalue weighted by molar-refractivity contribution is -0.139. The van der Waals surface area contributed by atoms with E-state index in [0.29, 0.717) is 45.0 Å². The third kappa shape index (κ3) is 8.71. The Morgan fingerprint density at radius 3 is 2.17 bits per heavy atom. The van der Waals surface area contributed by atoms with Crippen LogP contribution in [0.2, 0.25) is 0 Å². The minimum absolute atomic E-state index is 0.0752. The van der Waals surface area contributed by atoms with E-state index < -0.39 is 17.9 Å². The molecule has 0 spiro atoms. The van der Waals surface area contributed by atoms with E-state index in [1.807, 2.05) is 19.1 Å². The van der Waals surface area contributed by atoms with Gasteiger partial charge in [0.15, 0.2) is 0 Å². The molecule has 41 heavy (non-hydrogen) atoms. The summed E-state index contributed by atoms with van der Waals surface area (Å²) < 4.78 is 21.8. The van der Waals surface area contributed by atoms with E-state index in [0.717, 1.165) is 18.8 Å². The summed E-state index contributed by atoms with van der Waals surface area (Å²) in [6, 6.07) is 16.3. The summed E-state index contributed by atoms with van der Waals surface area (Å²) in [7, 11) is 3.02. The van der Waals surface area contributed by atoms with Crippen molar-refractivity contribution < 1.29 is 33.6 Å². The van der Waals surface area contributed by atoms with Crippen LogP contribution in [-0.4, -0.2) is 57.1 Å². The number of carbonyl (C=O) groups excluding carboxylic acids is 1. The molecule has 3 aromatic carbocycles. The second kappa shape index (κ2) is 15.6. The number of rotatable bonds is 10. The van der Waals surface area contributed by atoms with Gasteiger partial charge in [0.25, 0.3) is 5.91 Å². The van der Waals surface area contributed by atoms with Gasteiger partial charge >= 0.3 is 5.97 Å². The van der Waals surface area contributed by atoms with Crippen LogP contribution in [0.5, 0.6) is 17.2 Å². The molecular formula is C31H33BrN2O7. The van der Waals surface area contributed by atoms with E-state index in [4.69, 9.17) is 18.9 Å². The number of carboxylic acid groups (broad SMARTS) is 1. The Morgan fingerprint density at radius 1 is 1.05 bits per heavy atom. The molecule has 1 aliphatic heterocycles. The molecular weight excluding hydrogens is 592 g/mol. The summed E-state index contributed by atoms with van der Waals surface area (Å²) in [5.41, 5.74) is 2.84. The number of nitrogens with one attached hydrogen (secondary N) is 1. The molecule has 10 heteroatoms. The fraction of sp³-hybridized carbons (Fsp3) is 0.323. The molecule has 2 N–H and O–H groups in total. The van der Waals surface area contributed by atoms with Crippen molar-refractivity contribution >= 4 is 27.8 Å². The van der Waals surface area contributed by atoms with Gasteiger partial charge in [-0.25, -0.2) is 4.79 Å². The third-order valence-corrected chi connectivity index (χ3v) is 6.93. The number of halogens is 1. The molecule has 1 fully saturated rings. The Kier molecular flexibility index (Phi) is 12.0. The standard InChI is InChI=1S/C27H25BrN2O6.C4H8O/c1-4-36-19-9-10-21(28)20(14-19)26(31)30-22(27(32)33)11-16-5-7-18(8-6-16)25-23(34-2)12-17(15-29)13-24(25)35-3;1-2-4-5-3-1/h5-10,12-14,22H,4,11H2,1-3H3,(H,30,31)(H,32,33);1-4H2/t22-;/m0./s1. The maximum Gasteiger partial charge on any atom is 0.326 e. The van der Waals surface area contributed by atoms with Crippen molar-refractivity contribution in [1.29, 1.82) is 5.26 Å². The van der Waals surface area contributed by atoms with Crippen LogP contribution in [0.1, 0.15) is 41.3 Å². The van der Waals surface area contributed by atoms with Gasteiger partial charge in [0.05, 0.1) is 43.6 Å². The van der Waals surface area contributed by atoms with E-state index >= 15 is 0 Å². The maximum atomic E-state index is 12.8. The Balaban J connectivity index is 0.000000832. The molecule has 0 radical (unpaired) electrons. The van der Waals surface area contributed by atoms with Crippen molar-refractivity contribution in [2.45, 2.75) is 32.2 Å². The Bertz CT molecular complexity index is 1350. The molecule has 1 amide bonds. The monoisotopic (exact) mass is 624 g/mol. The highest BCUT2D eigenvalue weighted by Crippen LogP contribution is 2.39. The lowest BCUT2D eigenvalue weighted by atomic mass is 9.98. The van der Waals surface area contributed by atoms with Gasteiger partial charge in [0, 0.05) is 24.1 Å². The van der Waals surface area contributed by atoms with Crippen molar-refractivity contribution in [2.75, 3.05) is 34.0 Å². The number of amides is 1. The van der Waals surface area contributed by atoms with Crippen LogP contribution in [0.25, 0.3) is 11.1 Å². The molecule has 0 aromatic heterocycles. The summed E-state index contributed by atoms with van der Waals surface area (Å²) in [6.07, 6.45) is 2.63. The van der Waals surface area contributed by atoms with Crippen LogP contribution in [0.15, 0.2) is 59.1 Å². The first kappa shape index (κ1) is 31.5. The second-order valence-electron chi connectivity index (χ2n) is 9.03. The number of nitriles is 1. The highest BCUT2D eigenvalue weighted by atomic mass is 79.9. The predicted octanol–water partition coefficient (Wildman–Crippen LogP) is 5.63. The number of hydrogen-bond donors (Lipinski definition) is 2. The first-order valence-electron chi connectivity index (χ1n) is 13.1. The molecule has 1 saturated heterocycles. The van der Waals surface area contributed by atoms with Gasteiger partial charge in [-0.2, -0.15) is 5.26 Å². The molecule has 4 rings (SSSR count). The Hall–Kier alpha value is -4.07. The number of aliphatic carboxylic acids is 1. The molecule has 1 aliphatic rings. The maximum absolute atomic E-state index is 12.8. The fourth-order valence-corrected chi connectivity index (χ4v) is 4.61. The normalized spacial score (nSPS) is 12.8. The fourth-order valence-electron chi connectivity index (χ4n) is 4.19. The average Bonchev–Trinajstić information content (AvgIpc) is 3.58. The average molecular weight is 626 g/mol. The van der Waals surface area contributed by atoms with Gasteiger partial charge in [0.2, 0.25) is 0 Å². The third-order valence-electron chi connectivity index (χ3n) is 6.24. The molecule has 3 aromatic rings. The highest BCUT2D eigenvalue weighted by molar-refractivity contribution is 9.10. The summed E-state index contributed by atoms with van der Waals surface area (Å²) in [4.78, 5) is 24.8. The number of hydrogen-bond acceptors (Lipinski definition) is 7. The lowest BCUT2D eigenvalue weighted by Crippen LogP contribution is -2.42. The van der Waals surface area contributed by atoms with Gasteiger partial charge in [-0.15, -0.1) is 0 Å².